The maximum atomic E-state index is 12.6. The molecule has 1 radical (unpaired) electrons. The summed E-state index contributed by atoms with van der Waals surface area (Å²) in [6.45, 7) is 11.5. The molecule has 20 heavy (non-hydrogen) atoms. The first-order chi connectivity index (χ1) is 9.02. The summed E-state index contributed by atoms with van der Waals surface area (Å²) in [6, 6.07) is -0.201. The lowest BCUT2D eigenvalue weighted by Crippen LogP contribution is -2.71. The summed E-state index contributed by atoms with van der Waals surface area (Å²) < 4.78 is 0. The van der Waals surface area contributed by atoms with Crippen molar-refractivity contribution in [2.45, 2.75) is 71.5 Å². The van der Waals surface area contributed by atoms with Crippen LogP contribution >= 0.6 is 0 Å². The average molecular weight is 281 g/mol. The number of hydrogen-bond donors (Lipinski definition) is 0. The van der Waals surface area contributed by atoms with Crippen LogP contribution < -0.4 is 0 Å². The van der Waals surface area contributed by atoms with Crippen LogP contribution in [0.25, 0.3) is 0 Å². The lowest BCUT2D eigenvalue weighted by Gasteiger charge is -2.58. The molecule has 2 rings (SSSR count). The van der Waals surface area contributed by atoms with Crippen LogP contribution in [-0.4, -0.2) is 38.9 Å². The summed E-state index contributed by atoms with van der Waals surface area (Å²) in [5, 5.41) is 13.8. The SMILES string of the molecule is CC1C(N2C(=O)CCC2=O)C(C)C(C)(C)N([O])C1(C)C. The van der Waals surface area contributed by atoms with Crippen molar-refractivity contribution in [2.24, 2.45) is 11.8 Å². The lowest BCUT2D eigenvalue weighted by molar-refractivity contribution is -0.321. The molecule has 0 bridgehead atoms. The molecule has 2 aliphatic heterocycles. The molecule has 0 aromatic rings. The van der Waals surface area contributed by atoms with E-state index in [2.05, 4.69) is 0 Å². The molecule has 0 N–H and O–H groups in total. The number of piperidine rings is 1. The first kappa shape index (κ1) is 15.4. The van der Waals surface area contributed by atoms with Crippen molar-refractivity contribution in [1.29, 1.82) is 0 Å². The highest BCUT2D eigenvalue weighted by molar-refractivity contribution is 6.02. The van der Waals surface area contributed by atoms with Gasteiger partial charge in [-0.05, 0) is 39.5 Å². The number of carbonyl (C=O) groups excluding carboxylic acids is 2. The van der Waals surface area contributed by atoms with Crippen LogP contribution in [-0.2, 0) is 14.8 Å². The summed E-state index contributed by atoms with van der Waals surface area (Å²) in [4.78, 5) is 25.6. The Morgan fingerprint density at radius 1 is 0.900 bits per heavy atom. The Bertz CT molecular complexity index is 406. The van der Waals surface area contributed by atoms with E-state index in [4.69, 9.17) is 0 Å². The fourth-order valence-electron chi connectivity index (χ4n) is 3.75. The van der Waals surface area contributed by atoms with Gasteiger partial charge >= 0.3 is 0 Å². The minimum absolute atomic E-state index is 0.0611. The van der Waals surface area contributed by atoms with Gasteiger partial charge in [-0.25, -0.2) is 0 Å². The molecule has 2 fully saturated rings. The zero-order valence-electron chi connectivity index (χ0n) is 13.3. The molecule has 2 amide bonds. The molecule has 2 unspecified atom stereocenters. The smallest absolute Gasteiger partial charge is 0.229 e. The van der Waals surface area contributed by atoms with Crippen molar-refractivity contribution in [1.82, 2.24) is 9.96 Å². The van der Waals surface area contributed by atoms with E-state index in [1.807, 2.05) is 41.5 Å². The molecule has 0 spiro atoms. The third-order valence-electron chi connectivity index (χ3n) is 5.69. The van der Waals surface area contributed by atoms with Gasteiger partial charge in [-0.1, -0.05) is 13.8 Å². The zero-order chi connectivity index (χ0) is 15.5. The van der Waals surface area contributed by atoms with Gasteiger partial charge in [-0.3, -0.25) is 14.5 Å². The van der Waals surface area contributed by atoms with E-state index >= 15 is 0 Å². The molecule has 113 valence electrons. The molecule has 2 aliphatic rings. The number of imide groups is 1. The maximum absolute atomic E-state index is 12.6. The van der Waals surface area contributed by atoms with Gasteiger partial charge in [-0.2, -0.15) is 0 Å². The van der Waals surface area contributed by atoms with Crippen molar-refractivity contribution >= 4 is 11.8 Å². The van der Waals surface area contributed by atoms with Crippen LogP contribution in [0.3, 0.4) is 0 Å². The van der Waals surface area contributed by atoms with E-state index in [0.29, 0.717) is 12.8 Å². The predicted molar refractivity (Wildman–Crippen MR) is 73.9 cm³/mol. The Labute approximate surface area is 120 Å². The van der Waals surface area contributed by atoms with Gasteiger partial charge in [-0.15, -0.1) is 10.3 Å². The summed E-state index contributed by atoms with van der Waals surface area (Å²) in [6.07, 6.45) is 0.605. The zero-order valence-corrected chi connectivity index (χ0v) is 13.3. The molecule has 2 heterocycles. The molecule has 0 aromatic heterocycles. The Balaban J connectivity index is 2.46. The number of rotatable bonds is 1. The number of likely N-dealkylation sites (tertiary alicyclic amines) is 1. The quantitative estimate of drug-likeness (QED) is 0.691. The normalized spacial score (nSPS) is 37.5. The molecule has 0 aliphatic carbocycles. The molecular formula is C15H25N2O3. The second-order valence-electron chi connectivity index (χ2n) is 7.33. The van der Waals surface area contributed by atoms with Gasteiger partial charge in [0.1, 0.15) is 0 Å². The fraction of sp³-hybridized carbons (Fsp3) is 0.867. The lowest BCUT2D eigenvalue weighted by atomic mass is 9.65. The standard InChI is InChI=1S/C15H25N2O3/c1-9-13(16-11(18)7-8-12(16)19)10(2)15(5,6)17(20)14(9,3)4/h9-10,13H,7-8H2,1-6H3. The second kappa shape index (κ2) is 4.53. The maximum Gasteiger partial charge on any atom is 0.229 e. The van der Waals surface area contributed by atoms with E-state index in [1.165, 1.54) is 4.90 Å². The predicted octanol–water partition coefficient (Wildman–Crippen LogP) is 1.99. The van der Waals surface area contributed by atoms with Crippen LogP contribution in [0, 0.1) is 11.8 Å². The molecule has 0 saturated carbocycles. The highest BCUT2D eigenvalue weighted by Gasteiger charge is 2.58. The average Bonchev–Trinajstić information content (AvgIpc) is 2.68. The molecule has 2 atom stereocenters. The highest BCUT2D eigenvalue weighted by atomic mass is 16.5. The van der Waals surface area contributed by atoms with E-state index < -0.39 is 11.1 Å². The van der Waals surface area contributed by atoms with Crippen molar-refractivity contribution in [3.63, 3.8) is 0 Å². The van der Waals surface area contributed by atoms with Gasteiger partial charge in [0.2, 0.25) is 11.8 Å². The number of hydroxylamine groups is 2. The summed E-state index contributed by atoms with van der Waals surface area (Å²) in [5.74, 6) is -0.308. The number of amides is 2. The van der Waals surface area contributed by atoms with E-state index in [9.17, 15) is 14.8 Å². The molecular weight excluding hydrogens is 256 g/mol. The summed E-state index contributed by atoms with van der Waals surface area (Å²) in [5.41, 5.74) is -1.21. The van der Waals surface area contributed by atoms with Crippen LogP contribution in [0.4, 0.5) is 0 Å². The second-order valence-corrected chi connectivity index (χ2v) is 7.33. The first-order valence-electron chi connectivity index (χ1n) is 7.35. The van der Waals surface area contributed by atoms with E-state index in [0.717, 1.165) is 5.06 Å². The Morgan fingerprint density at radius 3 is 1.60 bits per heavy atom. The van der Waals surface area contributed by atoms with Crippen LogP contribution in [0.5, 0.6) is 0 Å². The molecule has 0 aromatic carbocycles. The van der Waals surface area contributed by atoms with Gasteiger partial charge in [0, 0.05) is 30.0 Å². The van der Waals surface area contributed by atoms with Crippen LogP contribution in [0.2, 0.25) is 0 Å². The van der Waals surface area contributed by atoms with Crippen molar-refractivity contribution in [3.8, 4) is 0 Å². The van der Waals surface area contributed by atoms with Crippen molar-refractivity contribution in [3.05, 3.63) is 0 Å². The van der Waals surface area contributed by atoms with Crippen molar-refractivity contribution in [2.75, 3.05) is 0 Å². The summed E-state index contributed by atoms with van der Waals surface area (Å²) in [7, 11) is 0. The number of hydrogen-bond acceptors (Lipinski definition) is 3. The van der Waals surface area contributed by atoms with Gasteiger partial charge < -0.3 is 0 Å². The molecule has 2 saturated heterocycles. The molecule has 5 nitrogen and oxygen atoms in total. The third-order valence-corrected chi connectivity index (χ3v) is 5.69. The van der Waals surface area contributed by atoms with Crippen molar-refractivity contribution < 1.29 is 14.8 Å². The minimum Gasteiger partial charge on any atom is -0.279 e. The van der Waals surface area contributed by atoms with Gasteiger partial charge in [0.25, 0.3) is 0 Å². The Kier molecular flexibility index (Phi) is 3.50. The number of carbonyl (C=O) groups is 2. The fourth-order valence-corrected chi connectivity index (χ4v) is 3.75. The van der Waals surface area contributed by atoms with Crippen LogP contribution in [0.15, 0.2) is 0 Å². The van der Waals surface area contributed by atoms with Gasteiger partial charge in [0.15, 0.2) is 0 Å². The summed E-state index contributed by atoms with van der Waals surface area (Å²) >= 11 is 0. The third kappa shape index (κ3) is 1.91. The minimum atomic E-state index is -0.607. The Hall–Kier alpha value is -0.940. The van der Waals surface area contributed by atoms with Crippen LogP contribution in [0.1, 0.15) is 54.4 Å². The van der Waals surface area contributed by atoms with E-state index in [1.54, 1.807) is 0 Å². The molecule has 5 heteroatoms. The number of nitrogens with zero attached hydrogens (tertiary/aromatic N) is 2. The first-order valence-corrected chi connectivity index (χ1v) is 7.35. The largest absolute Gasteiger partial charge is 0.279 e. The van der Waals surface area contributed by atoms with E-state index in [-0.39, 0.29) is 29.7 Å². The monoisotopic (exact) mass is 281 g/mol. The topological polar surface area (TPSA) is 60.5 Å². The Morgan fingerprint density at radius 2 is 1.25 bits per heavy atom. The van der Waals surface area contributed by atoms with Gasteiger partial charge in [0.05, 0.1) is 0 Å². The highest BCUT2D eigenvalue weighted by Crippen LogP contribution is 2.47.